The van der Waals surface area contributed by atoms with Gasteiger partial charge >= 0.3 is 0 Å². The molecule has 0 amide bonds. The van der Waals surface area contributed by atoms with Crippen molar-refractivity contribution in [3.05, 3.63) is 30.1 Å². The van der Waals surface area contributed by atoms with Gasteiger partial charge in [-0.05, 0) is 25.1 Å². The summed E-state index contributed by atoms with van der Waals surface area (Å²) in [5.41, 5.74) is 3.27. The average molecular weight is 147 g/mol. The summed E-state index contributed by atoms with van der Waals surface area (Å²) in [6.45, 7) is 2.03. The summed E-state index contributed by atoms with van der Waals surface area (Å²) in [4.78, 5) is 3.21. The van der Waals surface area contributed by atoms with Crippen molar-refractivity contribution in [2.75, 3.05) is 0 Å². The number of hydrogen-bond acceptors (Lipinski definition) is 1. The van der Waals surface area contributed by atoms with Gasteiger partial charge in [-0.15, -0.1) is 0 Å². The molecule has 0 fully saturated rings. The van der Waals surface area contributed by atoms with Crippen LogP contribution in [0.25, 0.3) is 11.4 Å². The van der Waals surface area contributed by atoms with Crippen molar-refractivity contribution in [2.45, 2.75) is 6.92 Å². The molecular formula is C8H9N3. The highest BCUT2D eigenvalue weighted by Gasteiger charge is 1.98. The van der Waals surface area contributed by atoms with E-state index in [2.05, 4.69) is 15.2 Å². The Morgan fingerprint density at radius 1 is 1.18 bits per heavy atom. The standard InChI is InChI=1S/C8H9N3/c1-6-2-3-7(10-6)8-4-5-9-11-8/h2-5,10H,1H3,(H,9,11). The second-order valence-corrected chi connectivity index (χ2v) is 2.53. The first-order chi connectivity index (χ1) is 5.36. The maximum Gasteiger partial charge on any atom is 0.0812 e. The number of H-pyrrole nitrogens is 2. The minimum Gasteiger partial charge on any atom is -0.357 e. The first-order valence-electron chi connectivity index (χ1n) is 3.51. The molecule has 0 atom stereocenters. The molecule has 0 saturated carbocycles. The van der Waals surface area contributed by atoms with Gasteiger partial charge in [0.1, 0.15) is 0 Å². The third-order valence-electron chi connectivity index (χ3n) is 1.62. The molecule has 0 saturated heterocycles. The van der Waals surface area contributed by atoms with Crippen LogP contribution in [0.5, 0.6) is 0 Å². The van der Waals surface area contributed by atoms with Gasteiger partial charge < -0.3 is 4.98 Å². The molecule has 2 aromatic heterocycles. The number of rotatable bonds is 1. The first kappa shape index (κ1) is 6.22. The second kappa shape index (κ2) is 2.27. The molecule has 2 aromatic rings. The smallest absolute Gasteiger partial charge is 0.0812 e. The molecule has 0 spiro atoms. The van der Waals surface area contributed by atoms with E-state index >= 15 is 0 Å². The maximum atomic E-state index is 3.86. The highest BCUT2D eigenvalue weighted by molar-refractivity contribution is 5.53. The molecule has 0 unspecified atom stereocenters. The van der Waals surface area contributed by atoms with E-state index < -0.39 is 0 Å². The quantitative estimate of drug-likeness (QED) is 0.633. The summed E-state index contributed by atoms with van der Waals surface area (Å²) >= 11 is 0. The lowest BCUT2D eigenvalue weighted by atomic mass is 10.3. The Bertz CT molecular complexity index is 332. The molecule has 0 aromatic carbocycles. The van der Waals surface area contributed by atoms with Crippen LogP contribution < -0.4 is 0 Å². The topological polar surface area (TPSA) is 44.5 Å². The van der Waals surface area contributed by atoms with Gasteiger partial charge in [0.2, 0.25) is 0 Å². The Hall–Kier alpha value is -1.51. The van der Waals surface area contributed by atoms with Gasteiger partial charge in [-0.3, -0.25) is 5.10 Å². The summed E-state index contributed by atoms with van der Waals surface area (Å²) in [6.07, 6.45) is 1.74. The fraction of sp³-hybridized carbons (Fsp3) is 0.125. The lowest BCUT2D eigenvalue weighted by molar-refractivity contribution is 1.09. The van der Waals surface area contributed by atoms with Crippen molar-refractivity contribution in [3.8, 4) is 11.4 Å². The molecule has 0 radical (unpaired) electrons. The molecule has 0 aliphatic rings. The highest BCUT2D eigenvalue weighted by atomic mass is 15.1. The van der Waals surface area contributed by atoms with Gasteiger partial charge in [0, 0.05) is 11.9 Å². The van der Waals surface area contributed by atoms with Crippen LogP contribution in [-0.2, 0) is 0 Å². The Morgan fingerprint density at radius 3 is 2.64 bits per heavy atom. The summed E-state index contributed by atoms with van der Waals surface area (Å²) in [6, 6.07) is 6.00. The molecule has 2 N–H and O–H groups in total. The van der Waals surface area contributed by atoms with Gasteiger partial charge in [0.25, 0.3) is 0 Å². The van der Waals surface area contributed by atoms with E-state index in [0.29, 0.717) is 0 Å². The maximum absolute atomic E-state index is 3.86. The minimum absolute atomic E-state index is 1.03. The Balaban J connectivity index is 2.45. The molecule has 11 heavy (non-hydrogen) atoms. The third-order valence-corrected chi connectivity index (χ3v) is 1.62. The lowest BCUT2D eigenvalue weighted by Crippen LogP contribution is -1.77. The van der Waals surface area contributed by atoms with Crippen molar-refractivity contribution < 1.29 is 0 Å². The fourth-order valence-electron chi connectivity index (χ4n) is 1.07. The molecule has 3 heteroatoms. The zero-order chi connectivity index (χ0) is 7.68. The molecule has 3 nitrogen and oxygen atoms in total. The van der Waals surface area contributed by atoms with Crippen LogP contribution >= 0.6 is 0 Å². The second-order valence-electron chi connectivity index (χ2n) is 2.53. The van der Waals surface area contributed by atoms with Gasteiger partial charge in [-0.25, -0.2) is 0 Å². The molecular weight excluding hydrogens is 138 g/mol. The van der Waals surface area contributed by atoms with E-state index in [-0.39, 0.29) is 0 Å². The van der Waals surface area contributed by atoms with E-state index in [1.165, 1.54) is 0 Å². The molecule has 0 aliphatic carbocycles. The Labute approximate surface area is 64.5 Å². The van der Waals surface area contributed by atoms with Crippen LogP contribution in [0, 0.1) is 6.92 Å². The lowest BCUT2D eigenvalue weighted by Gasteiger charge is -1.89. The highest BCUT2D eigenvalue weighted by Crippen LogP contribution is 2.13. The number of nitrogens with zero attached hydrogens (tertiary/aromatic N) is 1. The number of nitrogens with one attached hydrogen (secondary N) is 2. The van der Waals surface area contributed by atoms with Crippen molar-refractivity contribution in [1.29, 1.82) is 0 Å². The molecule has 0 bridgehead atoms. The normalized spacial score (nSPS) is 10.3. The van der Waals surface area contributed by atoms with Gasteiger partial charge in [-0.2, -0.15) is 5.10 Å². The van der Waals surface area contributed by atoms with Crippen LogP contribution in [0.15, 0.2) is 24.4 Å². The Morgan fingerprint density at radius 2 is 2.09 bits per heavy atom. The predicted molar refractivity (Wildman–Crippen MR) is 43.1 cm³/mol. The monoisotopic (exact) mass is 147 g/mol. The van der Waals surface area contributed by atoms with E-state index in [1.54, 1.807) is 6.20 Å². The van der Waals surface area contributed by atoms with Crippen molar-refractivity contribution in [2.24, 2.45) is 0 Å². The molecule has 56 valence electrons. The number of aromatic amines is 2. The van der Waals surface area contributed by atoms with E-state index in [4.69, 9.17) is 0 Å². The van der Waals surface area contributed by atoms with Crippen molar-refractivity contribution in [3.63, 3.8) is 0 Å². The van der Waals surface area contributed by atoms with Gasteiger partial charge in [-0.1, -0.05) is 0 Å². The molecule has 2 heterocycles. The van der Waals surface area contributed by atoms with Crippen LogP contribution in [0.4, 0.5) is 0 Å². The van der Waals surface area contributed by atoms with Crippen molar-refractivity contribution in [1.82, 2.24) is 15.2 Å². The van der Waals surface area contributed by atoms with Gasteiger partial charge in [0.15, 0.2) is 0 Å². The SMILES string of the molecule is Cc1ccc(-c2ccn[nH]2)[nH]1. The number of aromatic nitrogens is 3. The van der Waals surface area contributed by atoms with E-state index in [1.807, 2.05) is 25.1 Å². The minimum atomic E-state index is 1.03. The zero-order valence-corrected chi connectivity index (χ0v) is 6.26. The van der Waals surface area contributed by atoms with Crippen molar-refractivity contribution >= 4 is 0 Å². The van der Waals surface area contributed by atoms with Crippen LogP contribution in [0.3, 0.4) is 0 Å². The van der Waals surface area contributed by atoms with Crippen LogP contribution in [-0.4, -0.2) is 15.2 Å². The van der Waals surface area contributed by atoms with Crippen LogP contribution in [0.2, 0.25) is 0 Å². The summed E-state index contributed by atoms with van der Waals surface area (Å²) < 4.78 is 0. The molecule has 2 rings (SSSR count). The Kier molecular flexibility index (Phi) is 1.28. The average Bonchev–Trinajstić information content (AvgIpc) is 2.55. The summed E-state index contributed by atoms with van der Waals surface area (Å²) in [5, 5.41) is 6.75. The van der Waals surface area contributed by atoms with E-state index in [9.17, 15) is 0 Å². The predicted octanol–water partition coefficient (Wildman–Crippen LogP) is 1.71. The first-order valence-corrected chi connectivity index (χ1v) is 3.51. The van der Waals surface area contributed by atoms with Crippen LogP contribution in [0.1, 0.15) is 5.69 Å². The fourth-order valence-corrected chi connectivity index (χ4v) is 1.07. The number of hydrogen-bond donors (Lipinski definition) is 2. The largest absolute Gasteiger partial charge is 0.357 e. The molecule has 0 aliphatic heterocycles. The summed E-state index contributed by atoms with van der Waals surface area (Å²) in [7, 11) is 0. The number of aryl methyl sites for hydroxylation is 1. The zero-order valence-electron chi connectivity index (χ0n) is 6.26. The third kappa shape index (κ3) is 1.05. The van der Waals surface area contributed by atoms with Gasteiger partial charge in [0.05, 0.1) is 11.4 Å². The summed E-state index contributed by atoms with van der Waals surface area (Å²) in [5.74, 6) is 0. The van der Waals surface area contributed by atoms with E-state index in [0.717, 1.165) is 17.1 Å².